The number of rotatable bonds is 3. The first kappa shape index (κ1) is 11.5. The molecule has 0 aromatic carbocycles. The molecule has 0 aliphatic heterocycles. The van der Waals surface area contributed by atoms with Crippen LogP contribution in [0.2, 0.25) is 0 Å². The molecule has 2 nitrogen and oxygen atoms in total. The van der Waals surface area contributed by atoms with Gasteiger partial charge in [-0.15, -0.1) is 0 Å². The molecule has 0 radical (unpaired) electrons. The highest BCUT2D eigenvalue weighted by molar-refractivity contribution is 5.85. The van der Waals surface area contributed by atoms with Crippen LogP contribution in [0, 0.1) is 17.8 Å². The molecule has 5 heteroatoms. The number of Topliss-reactive ketones (excluding diaryl/α,β-unsaturated/α-hetero) is 1. The van der Waals surface area contributed by atoms with Gasteiger partial charge in [0.1, 0.15) is 5.78 Å². The third kappa shape index (κ3) is 1.79. The highest BCUT2D eigenvalue weighted by atomic mass is 19.3. The van der Waals surface area contributed by atoms with E-state index in [1.54, 1.807) is 0 Å². The standard InChI is InChI=1S/C12H15F3O2/c13-10(14)11(15)17-12-3-6-1-7(4-12)9(16)8(2-6)5-12/h6-8,10-11H,1-5H2. The van der Waals surface area contributed by atoms with Crippen LogP contribution in [0.25, 0.3) is 0 Å². The Labute approximate surface area is 97.5 Å². The summed E-state index contributed by atoms with van der Waals surface area (Å²) in [7, 11) is 0. The highest BCUT2D eigenvalue weighted by Gasteiger charge is 2.57. The Morgan fingerprint density at radius 1 is 1.12 bits per heavy atom. The summed E-state index contributed by atoms with van der Waals surface area (Å²) >= 11 is 0. The van der Waals surface area contributed by atoms with Gasteiger partial charge in [-0.1, -0.05) is 0 Å². The average Bonchev–Trinajstić information content (AvgIpc) is 2.23. The predicted octanol–water partition coefficient (Wildman–Crippen LogP) is 2.71. The lowest BCUT2D eigenvalue weighted by Crippen LogP contribution is -2.57. The molecule has 96 valence electrons. The molecule has 0 heterocycles. The van der Waals surface area contributed by atoms with E-state index in [1.807, 2.05) is 0 Å². The van der Waals surface area contributed by atoms with E-state index in [9.17, 15) is 18.0 Å². The summed E-state index contributed by atoms with van der Waals surface area (Å²) in [6.45, 7) is 0. The van der Waals surface area contributed by atoms with Crippen molar-refractivity contribution in [3.8, 4) is 0 Å². The molecular weight excluding hydrogens is 233 g/mol. The number of alkyl halides is 3. The lowest BCUT2D eigenvalue weighted by molar-refractivity contribution is -0.242. The number of hydrogen-bond acceptors (Lipinski definition) is 2. The molecule has 0 amide bonds. The summed E-state index contributed by atoms with van der Waals surface area (Å²) in [6.07, 6.45) is -2.42. The molecule has 4 fully saturated rings. The van der Waals surface area contributed by atoms with Gasteiger partial charge in [0.2, 0.25) is 0 Å². The molecule has 4 bridgehead atoms. The van der Waals surface area contributed by atoms with Crippen molar-refractivity contribution in [2.24, 2.45) is 17.8 Å². The maximum absolute atomic E-state index is 13.1. The first-order valence-corrected chi connectivity index (χ1v) is 6.13. The van der Waals surface area contributed by atoms with Crippen LogP contribution in [0.3, 0.4) is 0 Å². The maximum Gasteiger partial charge on any atom is 0.293 e. The van der Waals surface area contributed by atoms with Crippen LogP contribution in [-0.2, 0) is 9.53 Å². The lowest BCUT2D eigenvalue weighted by Gasteiger charge is -2.55. The number of halogens is 3. The summed E-state index contributed by atoms with van der Waals surface area (Å²) in [5.74, 6) is 0.444. The van der Waals surface area contributed by atoms with Crippen LogP contribution in [-0.4, -0.2) is 24.2 Å². The normalized spacial score (nSPS) is 45.6. The van der Waals surface area contributed by atoms with E-state index in [0.717, 1.165) is 12.8 Å². The summed E-state index contributed by atoms with van der Waals surface area (Å²) in [5.41, 5.74) is -0.791. The highest BCUT2D eigenvalue weighted by Crippen LogP contribution is 2.56. The van der Waals surface area contributed by atoms with Crippen LogP contribution in [0.1, 0.15) is 32.1 Å². The summed E-state index contributed by atoms with van der Waals surface area (Å²) in [5, 5.41) is 0. The zero-order valence-electron chi connectivity index (χ0n) is 9.37. The number of hydrogen-bond donors (Lipinski definition) is 0. The minimum atomic E-state index is -3.10. The van der Waals surface area contributed by atoms with Crippen molar-refractivity contribution in [1.29, 1.82) is 0 Å². The van der Waals surface area contributed by atoms with Gasteiger partial charge in [-0.05, 0) is 38.0 Å². The van der Waals surface area contributed by atoms with Gasteiger partial charge in [0.15, 0.2) is 0 Å². The van der Waals surface area contributed by atoms with Crippen molar-refractivity contribution in [2.45, 2.75) is 50.5 Å². The Balaban J connectivity index is 1.78. The van der Waals surface area contributed by atoms with Crippen LogP contribution in [0.5, 0.6) is 0 Å². The van der Waals surface area contributed by atoms with Gasteiger partial charge in [-0.2, -0.15) is 0 Å². The molecule has 4 aliphatic carbocycles. The van der Waals surface area contributed by atoms with E-state index in [-0.39, 0.29) is 17.6 Å². The van der Waals surface area contributed by atoms with Gasteiger partial charge in [0.05, 0.1) is 5.60 Å². The van der Waals surface area contributed by atoms with Crippen LogP contribution in [0.15, 0.2) is 0 Å². The predicted molar refractivity (Wildman–Crippen MR) is 53.3 cm³/mol. The second kappa shape index (κ2) is 3.70. The molecule has 0 saturated heterocycles. The quantitative estimate of drug-likeness (QED) is 0.767. The van der Waals surface area contributed by atoms with Crippen LogP contribution >= 0.6 is 0 Å². The summed E-state index contributed by atoms with van der Waals surface area (Å²) in [6, 6.07) is 0. The third-order valence-electron chi connectivity index (χ3n) is 4.50. The van der Waals surface area contributed by atoms with Crippen molar-refractivity contribution >= 4 is 5.78 Å². The van der Waals surface area contributed by atoms with E-state index < -0.39 is 18.4 Å². The first-order chi connectivity index (χ1) is 7.99. The molecule has 0 spiro atoms. The average molecular weight is 248 g/mol. The number of carbonyl (C=O) groups excluding carboxylic acids is 1. The molecule has 4 aliphatic rings. The second-order valence-corrected chi connectivity index (χ2v) is 5.73. The summed E-state index contributed by atoms with van der Waals surface area (Å²) in [4.78, 5) is 11.8. The van der Waals surface area contributed by atoms with Crippen molar-refractivity contribution in [3.05, 3.63) is 0 Å². The van der Waals surface area contributed by atoms with Gasteiger partial charge in [-0.25, -0.2) is 13.2 Å². The smallest absolute Gasteiger partial charge is 0.293 e. The molecule has 17 heavy (non-hydrogen) atoms. The number of ketones is 1. The monoisotopic (exact) mass is 248 g/mol. The minimum absolute atomic E-state index is 0.0777. The van der Waals surface area contributed by atoms with Gasteiger partial charge in [-0.3, -0.25) is 4.79 Å². The van der Waals surface area contributed by atoms with Crippen LogP contribution in [0.4, 0.5) is 13.2 Å². The molecular formula is C12H15F3O2. The Morgan fingerprint density at radius 3 is 2.24 bits per heavy atom. The Kier molecular flexibility index (Phi) is 2.51. The fraction of sp³-hybridized carbons (Fsp3) is 0.917. The molecule has 4 saturated carbocycles. The molecule has 3 atom stereocenters. The number of carbonyl (C=O) groups is 1. The van der Waals surface area contributed by atoms with E-state index in [0.29, 0.717) is 25.2 Å². The Hall–Kier alpha value is -0.580. The van der Waals surface area contributed by atoms with Crippen molar-refractivity contribution in [2.75, 3.05) is 0 Å². The van der Waals surface area contributed by atoms with Gasteiger partial charge in [0.25, 0.3) is 12.8 Å². The van der Waals surface area contributed by atoms with E-state index in [1.165, 1.54) is 0 Å². The molecule has 4 rings (SSSR count). The summed E-state index contributed by atoms with van der Waals surface area (Å²) < 4.78 is 42.5. The van der Waals surface area contributed by atoms with E-state index >= 15 is 0 Å². The largest absolute Gasteiger partial charge is 0.337 e. The minimum Gasteiger partial charge on any atom is -0.337 e. The second-order valence-electron chi connectivity index (χ2n) is 5.73. The zero-order valence-corrected chi connectivity index (χ0v) is 9.37. The molecule has 3 unspecified atom stereocenters. The van der Waals surface area contributed by atoms with Gasteiger partial charge in [0, 0.05) is 11.8 Å². The Morgan fingerprint density at radius 2 is 1.71 bits per heavy atom. The zero-order chi connectivity index (χ0) is 12.2. The molecule has 0 aromatic rings. The van der Waals surface area contributed by atoms with Gasteiger partial charge < -0.3 is 4.74 Å². The van der Waals surface area contributed by atoms with Gasteiger partial charge >= 0.3 is 0 Å². The topological polar surface area (TPSA) is 26.3 Å². The fourth-order valence-corrected chi connectivity index (χ4v) is 4.11. The van der Waals surface area contributed by atoms with Crippen LogP contribution < -0.4 is 0 Å². The molecule has 0 aromatic heterocycles. The van der Waals surface area contributed by atoms with E-state index in [2.05, 4.69) is 0 Å². The molecule has 0 N–H and O–H groups in total. The lowest BCUT2D eigenvalue weighted by atomic mass is 9.53. The maximum atomic E-state index is 13.1. The Bertz CT molecular complexity index is 327. The number of ether oxygens (including phenoxy) is 1. The van der Waals surface area contributed by atoms with Crippen molar-refractivity contribution < 1.29 is 22.7 Å². The first-order valence-electron chi connectivity index (χ1n) is 6.13. The van der Waals surface area contributed by atoms with Crippen molar-refractivity contribution in [3.63, 3.8) is 0 Å². The third-order valence-corrected chi connectivity index (χ3v) is 4.50. The van der Waals surface area contributed by atoms with Crippen molar-refractivity contribution in [1.82, 2.24) is 0 Å². The SMILES string of the molecule is O=C1C2CC3CC1CC(OC(F)C(F)F)(C3)C2. The fourth-order valence-electron chi connectivity index (χ4n) is 4.11. The van der Waals surface area contributed by atoms with E-state index in [4.69, 9.17) is 4.74 Å².